The van der Waals surface area contributed by atoms with E-state index >= 15 is 0 Å². The van der Waals surface area contributed by atoms with Gasteiger partial charge in [0.1, 0.15) is 11.5 Å². The minimum atomic E-state index is -0.414. The smallest absolute Gasteiger partial charge is 0.315 e. The van der Waals surface area contributed by atoms with E-state index in [2.05, 4.69) is 16.0 Å². The van der Waals surface area contributed by atoms with Crippen molar-refractivity contribution >= 4 is 11.9 Å². The van der Waals surface area contributed by atoms with Gasteiger partial charge in [0.15, 0.2) is 0 Å². The predicted molar refractivity (Wildman–Crippen MR) is 93.1 cm³/mol. The molecular weight excluding hydrogens is 322 g/mol. The highest BCUT2D eigenvalue weighted by molar-refractivity contribution is 5.83. The van der Waals surface area contributed by atoms with E-state index in [1.54, 1.807) is 12.1 Å². The average Bonchev–Trinajstić information content (AvgIpc) is 3.12. The fourth-order valence-corrected chi connectivity index (χ4v) is 2.19. The highest BCUT2D eigenvalue weighted by Crippen LogP contribution is 2.18. The Kier molecular flexibility index (Phi) is 6.88. The molecule has 2 rings (SSSR count). The standard InChI is InChI=1S/C18H23N3O4/c1-3-24-15-7-4-6-14(10-15)13(2)21-18(23)20-12-17(22)19-11-16-8-5-9-25-16/h4-10,13H,3,11-12H2,1-2H3,(H,19,22)(H2,20,21,23). The van der Waals surface area contributed by atoms with Gasteiger partial charge in [0.25, 0.3) is 0 Å². The van der Waals surface area contributed by atoms with Crippen LogP contribution >= 0.6 is 0 Å². The summed E-state index contributed by atoms with van der Waals surface area (Å²) in [5, 5.41) is 7.97. The molecule has 1 aromatic carbocycles. The molecule has 25 heavy (non-hydrogen) atoms. The number of hydrogen-bond acceptors (Lipinski definition) is 4. The van der Waals surface area contributed by atoms with E-state index in [1.165, 1.54) is 6.26 Å². The van der Waals surface area contributed by atoms with Crippen LogP contribution in [0, 0.1) is 0 Å². The highest BCUT2D eigenvalue weighted by Gasteiger charge is 2.11. The van der Waals surface area contributed by atoms with Crippen molar-refractivity contribution in [2.75, 3.05) is 13.2 Å². The number of urea groups is 1. The Morgan fingerprint density at radius 3 is 2.76 bits per heavy atom. The van der Waals surface area contributed by atoms with Crippen LogP contribution in [-0.4, -0.2) is 25.1 Å². The molecular formula is C18H23N3O4. The molecule has 0 bridgehead atoms. The SMILES string of the molecule is CCOc1cccc(C(C)NC(=O)NCC(=O)NCc2ccco2)c1. The van der Waals surface area contributed by atoms with Gasteiger partial charge in [-0.05, 0) is 43.7 Å². The Morgan fingerprint density at radius 2 is 2.04 bits per heavy atom. The first kappa shape index (κ1) is 18.4. The lowest BCUT2D eigenvalue weighted by molar-refractivity contribution is -0.120. The summed E-state index contributed by atoms with van der Waals surface area (Å²) in [7, 11) is 0. The van der Waals surface area contributed by atoms with Crippen LogP contribution in [0.25, 0.3) is 0 Å². The van der Waals surface area contributed by atoms with Crippen molar-refractivity contribution in [1.29, 1.82) is 0 Å². The quantitative estimate of drug-likeness (QED) is 0.685. The van der Waals surface area contributed by atoms with Crippen LogP contribution in [0.1, 0.15) is 31.2 Å². The molecule has 1 atom stereocenters. The minimum Gasteiger partial charge on any atom is -0.494 e. The maximum absolute atomic E-state index is 11.9. The Balaban J connectivity index is 1.73. The molecule has 3 amide bonds. The average molecular weight is 345 g/mol. The van der Waals surface area contributed by atoms with Crippen LogP contribution < -0.4 is 20.7 Å². The number of carbonyl (C=O) groups is 2. The summed E-state index contributed by atoms with van der Waals surface area (Å²) < 4.78 is 10.6. The zero-order valence-electron chi connectivity index (χ0n) is 14.4. The van der Waals surface area contributed by atoms with Crippen LogP contribution in [0.15, 0.2) is 47.1 Å². The van der Waals surface area contributed by atoms with E-state index in [1.807, 2.05) is 38.1 Å². The molecule has 0 saturated heterocycles. The summed E-state index contributed by atoms with van der Waals surface area (Å²) in [6.45, 7) is 4.53. The van der Waals surface area contributed by atoms with Gasteiger partial charge in [-0.2, -0.15) is 0 Å². The van der Waals surface area contributed by atoms with Crippen molar-refractivity contribution in [2.24, 2.45) is 0 Å². The number of benzene rings is 1. The van der Waals surface area contributed by atoms with Crippen molar-refractivity contribution in [3.8, 4) is 5.75 Å². The van der Waals surface area contributed by atoms with Crippen LogP contribution in [0.5, 0.6) is 5.75 Å². The topological polar surface area (TPSA) is 92.6 Å². The molecule has 1 aromatic heterocycles. The van der Waals surface area contributed by atoms with E-state index in [0.29, 0.717) is 12.4 Å². The lowest BCUT2D eigenvalue weighted by atomic mass is 10.1. The molecule has 7 nitrogen and oxygen atoms in total. The van der Waals surface area contributed by atoms with Gasteiger partial charge in [0, 0.05) is 0 Å². The number of ether oxygens (including phenoxy) is 1. The summed E-state index contributed by atoms with van der Waals surface area (Å²) in [4.78, 5) is 23.6. The summed E-state index contributed by atoms with van der Waals surface area (Å²) in [6.07, 6.45) is 1.54. The van der Waals surface area contributed by atoms with Crippen LogP contribution in [0.2, 0.25) is 0 Å². The molecule has 3 N–H and O–H groups in total. The second-order valence-electron chi connectivity index (χ2n) is 5.41. The summed E-state index contributed by atoms with van der Waals surface area (Å²) in [5.74, 6) is 1.12. The van der Waals surface area contributed by atoms with Crippen molar-refractivity contribution < 1.29 is 18.7 Å². The molecule has 0 aliphatic carbocycles. The van der Waals surface area contributed by atoms with Crippen LogP contribution in [-0.2, 0) is 11.3 Å². The number of furan rings is 1. The molecule has 7 heteroatoms. The van der Waals surface area contributed by atoms with E-state index in [9.17, 15) is 9.59 Å². The van der Waals surface area contributed by atoms with Gasteiger partial charge in [-0.3, -0.25) is 4.79 Å². The molecule has 0 radical (unpaired) electrons. The first-order valence-electron chi connectivity index (χ1n) is 8.14. The first-order chi connectivity index (χ1) is 12.1. The largest absolute Gasteiger partial charge is 0.494 e. The summed E-state index contributed by atoms with van der Waals surface area (Å²) >= 11 is 0. The van der Waals surface area contributed by atoms with Gasteiger partial charge >= 0.3 is 6.03 Å². The Bertz CT molecular complexity index is 685. The van der Waals surface area contributed by atoms with E-state index < -0.39 is 6.03 Å². The fourth-order valence-electron chi connectivity index (χ4n) is 2.19. The third-order valence-electron chi connectivity index (χ3n) is 3.47. The second kappa shape index (κ2) is 9.36. The first-order valence-corrected chi connectivity index (χ1v) is 8.14. The third-order valence-corrected chi connectivity index (χ3v) is 3.47. The molecule has 0 fully saturated rings. The van der Waals surface area contributed by atoms with Crippen molar-refractivity contribution in [2.45, 2.75) is 26.4 Å². The van der Waals surface area contributed by atoms with Gasteiger partial charge in [-0.15, -0.1) is 0 Å². The lowest BCUT2D eigenvalue weighted by Gasteiger charge is -2.16. The molecule has 0 aliphatic rings. The number of hydrogen-bond donors (Lipinski definition) is 3. The second-order valence-corrected chi connectivity index (χ2v) is 5.41. The van der Waals surface area contributed by atoms with Crippen LogP contribution in [0.4, 0.5) is 4.79 Å². The monoisotopic (exact) mass is 345 g/mol. The number of amides is 3. The van der Waals surface area contributed by atoms with Crippen molar-refractivity contribution in [3.05, 3.63) is 54.0 Å². The zero-order valence-corrected chi connectivity index (χ0v) is 14.4. The molecule has 0 saturated carbocycles. The Morgan fingerprint density at radius 1 is 1.20 bits per heavy atom. The van der Waals surface area contributed by atoms with Gasteiger partial charge in [-0.25, -0.2) is 4.79 Å². The maximum atomic E-state index is 11.9. The van der Waals surface area contributed by atoms with Crippen LogP contribution in [0.3, 0.4) is 0 Å². The number of nitrogens with one attached hydrogen (secondary N) is 3. The molecule has 0 aliphatic heterocycles. The molecule has 1 heterocycles. The van der Waals surface area contributed by atoms with Gasteiger partial charge in [0.05, 0.1) is 32.0 Å². The molecule has 1 unspecified atom stereocenters. The Hall–Kier alpha value is -2.96. The normalized spacial score (nSPS) is 11.4. The van der Waals surface area contributed by atoms with Gasteiger partial charge < -0.3 is 25.1 Å². The summed E-state index contributed by atoms with van der Waals surface area (Å²) in [5.41, 5.74) is 0.920. The van der Waals surface area contributed by atoms with Crippen molar-refractivity contribution in [1.82, 2.24) is 16.0 Å². The number of carbonyl (C=O) groups excluding carboxylic acids is 2. The predicted octanol–water partition coefficient (Wildman–Crippen LogP) is 2.35. The van der Waals surface area contributed by atoms with Gasteiger partial charge in [-0.1, -0.05) is 12.1 Å². The Labute approximate surface area is 146 Å². The fraction of sp³-hybridized carbons (Fsp3) is 0.333. The van der Waals surface area contributed by atoms with E-state index in [-0.39, 0.29) is 25.0 Å². The van der Waals surface area contributed by atoms with E-state index in [4.69, 9.17) is 9.15 Å². The minimum absolute atomic E-state index is 0.113. The summed E-state index contributed by atoms with van der Waals surface area (Å²) in [6, 6.07) is 10.4. The molecule has 2 aromatic rings. The van der Waals surface area contributed by atoms with Crippen molar-refractivity contribution in [3.63, 3.8) is 0 Å². The lowest BCUT2D eigenvalue weighted by Crippen LogP contribution is -2.42. The third kappa shape index (κ3) is 6.21. The molecule has 0 spiro atoms. The zero-order chi connectivity index (χ0) is 18.1. The molecule has 134 valence electrons. The highest BCUT2D eigenvalue weighted by atomic mass is 16.5. The maximum Gasteiger partial charge on any atom is 0.315 e. The van der Waals surface area contributed by atoms with Gasteiger partial charge in [0.2, 0.25) is 5.91 Å². The number of rotatable bonds is 8. The van der Waals surface area contributed by atoms with E-state index in [0.717, 1.165) is 11.3 Å².